The number of rotatable bonds is 3. The Balaban J connectivity index is 2.11. The van der Waals surface area contributed by atoms with Gasteiger partial charge in [0.1, 0.15) is 11.4 Å². The third kappa shape index (κ3) is 3.30. The van der Waals surface area contributed by atoms with E-state index in [2.05, 4.69) is 5.32 Å². The maximum atomic E-state index is 13.0. The summed E-state index contributed by atoms with van der Waals surface area (Å²) in [5, 5.41) is 22.9. The van der Waals surface area contributed by atoms with Gasteiger partial charge in [-0.05, 0) is 37.8 Å². The van der Waals surface area contributed by atoms with Crippen LogP contribution >= 0.6 is 0 Å². The molecule has 0 heterocycles. The smallest absolute Gasteiger partial charge is 0.285 e. The molecule has 2 N–H and O–H groups in total. The van der Waals surface area contributed by atoms with E-state index in [1.807, 2.05) is 0 Å². The fourth-order valence-corrected chi connectivity index (χ4v) is 2.33. The highest BCUT2D eigenvalue weighted by molar-refractivity contribution is 5.98. The van der Waals surface area contributed by atoms with Crippen LogP contribution in [0.15, 0.2) is 18.2 Å². The number of carbonyl (C=O) groups is 1. The second-order valence-electron chi connectivity index (χ2n) is 4.90. The highest BCUT2D eigenvalue weighted by atomic mass is 19.1. The van der Waals surface area contributed by atoms with E-state index in [4.69, 9.17) is 0 Å². The van der Waals surface area contributed by atoms with E-state index in [0.29, 0.717) is 25.7 Å². The number of benzene rings is 1. The Hall–Kier alpha value is -2.02. The first kappa shape index (κ1) is 14.4. The number of halogens is 1. The zero-order chi connectivity index (χ0) is 14.7. The van der Waals surface area contributed by atoms with Crippen molar-refractivity contribution in [2.75, 3.05) is 0 Å². The quantitative estimate of drug-likeness (QED) is 0.652. The average molecular weight is 282 g/mol. The number of nitro groups is 1. The lowest BCUT2D eigenvalue weighted by Crippen LogP contribution is -2.38. The highest BCUT2D eigenvalue weighted by Crippen LogP contribution is 2.22. The van der Waals surface area contributed by atoms with Gasteiger partial charge in [-0.1, -0.05) is 0 Å². The first-order valence-corrected chi connectivity index (χ1v) is 6.40. The number of aliphatic hydroxyl groups is 1. The molecule has 0 spiro atoms. The summed E-state index contributed by atoms with van der Waals surface area (Å²) in [4.78, 5) is 22.1. The molecule has 1 saturated carbocycles. The molecule has 0 saturated heterocycles. The van der Waals surface area contributed by atoms with Crippen molar-refractivity contribution in [3.05, 3.63) is 39.7 Å². The summed E-state index contributed by atoms with van der Waals surface area (Å²) in [6.07, 6.45) is 2.10. The monoisotopic (exact) mass is 282 g/mol. The molecule has 1 aromatic rings. The molecule has 1 aliphatic rings. The Bertz CT molecular complexity index is 527. The number of nitro benzene ring substituents is 1. The first-order valence-electron chi connectivity index (χ1n) is 6.40. The zero-order valence-electron chi connectivity index (χ0n) is 10.7. The summed E-state index contributed by atoms with van der Waals surface area (Å²) in [6, 6.07) is 2.75. The fourth-order valence-electron chi connectivity index (χ4n) is 2.33. The molecule has 0 aliphatic heterocycles. The summed E-state index contributed by atoms with van der Waals surface area (Å²) in [5.41, 5.74) is -0.694. The largest absolute Gasteiger partial charge is 0.393 e. The van der Waals surface area contributed by atoms with Gasteiger partial charge in [0.15, 0.2) is 0 Å². The Morgan fingerprint density at radius 1 is 1.35 bits per heavy atom. The maximum absolute atomic E-state index is 13.0. The lowest BCUT2D eigenvalue weighted by Gasteiger charge is -2.26. The molecule has 20 heavy (non-hydrogen) atoms. The number of hydrogen-bond donors (Lipinski definition) is 2. The standard InChI is InChI=1S/C13H15FN2O4/c14-8-1-6-11(12(7-8)16(19)20)13(18)15-9-2-4-10(17)5-3-9/h1,6-7,9-10,17H,2-5H2,(H,15,18). The van der Waals surface area contributed by atoms with Gasteiger partial charge < -0.3 is 10.4 Å². The minimum atomic E-state index is -0.775. The highest BCUT2D eigenvalue weighted by Gasteiger charge is 2.25. The third-order valence-corrected chi connectivity index (χ3v) is 3.43. The van der Waals surface area contributed by atoms with Crippen molar-refractivity contribution in [1.82, 2.24) is 5.32 Å². The van der Waals surface area contributed by atoms with Gasteiger partial charge in [0.05, 0.1) is 17.1 Å². The van der Waals surface area contributed by atoms with Crippen LogP contribution in [0.3, 0.4) is 0 Å². The Kier molecular flexibility index (Phi) is 4.29. The normalized spacial score (nSPS) is 22.3. The number of nitrogens with zero attached hydrogens (tertiary/aromatic N) is 1. The van der Waals surface area contributed by atoms with Gasteiger partial charge in [-0.2, -0.15) is 0 Å². The van der Waals surface area contributed by atoms with Crippen molar-refractivity contribution in [3.8, 4) is 0 Å². The Morgan fingerprint density at radius 3 is 2.60 bits per heavy atom. The van der Waals surface area contributed by atoms with Gasteiger partial charge in [-0.3, -0.25) is 14.9 Å². The summed E-state index contributed by atoms with van der Waals surface area (Å²) in [7, 11) is 0. The second kappa shape index (κ2) is 5.96. The van der Waals surface area contributed by atoms with E-state index in [1.165, 1.54) is 0 Å². The van der Waals surface area contributed by atoms with Crippen molar-refractivity contribution in [2.45, 2.75) is 37.8 Å². The Morgan fingerprint density at radius 2 is 2.00 bits per heavy atom. The van der Waals surface area contributed by atoms with Gasteiger partial charge >= 0.3 is 0 Å². The molecule has 108 valence electrons. The number of aliphatic hydroxyl groups excluding tert-OH is 1. The van der Waals surface area contributed by atoms with Crippen LogP contribution in [0.4, 0.5) is 10.1 Å². The molecule has 6 nitrogen and oxygen atoms in total. The van der Waals surface area contributed by atoms with Crippen molar-refractivity contribution < 1.29 is 19.2 Å². The summed E-state index contributed by atoms with van der Waals surface area (Å²) >= 11 is 0. The van der Waals surface area contributed by atoms with Crippen LogP contribution < -0.4 is 5.32 Å². The fraction of sp³-hybridized carbons (Fsp3) is 0.462. The molecule has 0 radical (unpaired) electrons. The topological polar surface area (TPSA) is 92.5 Å². The average Bonchev–Trinajstić information content (AvgIpc) is 2.41. The first-order chi connectivity index (χ1) is 9.47. The van der Waals surface area contributed by atoms with Crippen LogP contribution in [-0.2, 0) is 0 Å². The molecule has 1 aliphatic carbocycles. The SMILES string of the molecule is O=C(NC1CCC(O)CC1)c1ccc(F)cc1[N+](=O)[O-]. The third-order valence-electron chi connectivity index (χ3n) is 3.43. The number of hydrogen-bond acceptors (Lipinski definition) is 4. The van der Waals surface area contributed by atoms with E-state index in [1.54, 1.807) is 0 Å². The van der Waals surface area contributed by atoms with Crippen LogP contribution in [0, 0.1) is 15.9 Å². The molecule has 1 fully saturated rings. The summed E-state index contributed by atoms with van der Waals surface area (Å²) in [5.74, 6) is -1.34. The minimum Gasteiger partial charge on any atom is -0.393 e. The minimum absolute atomic E-state index is 0.115. The summed E-state index contributed by atoms with van der Waals surface area (Å²) < 4.78 is 13.0. The lowest BCUT2D eigenvalue weighted by atomic mass is 9.93. The molecule has 0 unspecified atom stereocenters. The van der Waals surface area contributed by atoms with E-state index < -0.39 is 22.3 Å². The maximum Gasteiger partial charge on any atom is 0.285 e. The zero-order valence-corrected chi connectivity index (χ0v) is 10.7. The molecule has 1 aromatic carbocycles. The van der Waals surface area contributed by atoms with E-state index in [-0.39, 0.29) is 17.7 Å². The van der Waals surface area contributed by atoms with Crippen LogP contribution in [0.1, 0.15) is 36.0 Å². The molecule has 1 amide bonds. The molecular weight excluding hydrogens is 267 g/mol. The summed E-state index contributed by atoms with van der Waals surface area (Å²) in [6.45, 7) is 0. The number of amides is 1. The van der Waals surface area contributed by atoms with Crippen molar-refractivity contribution >= 4 is 11.6 Å². The van der Waals surface area contributed by atoms with Gasteiger partial charge in [0, 0.05) is 6.04 Å². The molecule has 7 heteroatoms. The lowest BCUT2D eigenvalue weighted by molar-refractivity contribution is -0.385. The van der Waals surface area contributed by atoms with Crippen molar-refractivity contribution in [2.24, 2.45) is 0 Å². The number of nitrogens with one attached hydrogen (secondary N) is 1. The number of carbonyl (C=O) groups excluding carboxylic acids is 1. The molecule has 0 atom stereocenters. The van der Waals surface area contributed by atoms with Gasteiger partial charge in [-0.25, -0.2) is 4.39 Å². The molecule has 0 aromatic heterocycles. The van der Waals surface area contributed by atoms with E-state index in [0.717, 1.165) is 18.2 Å². The van der Waals surface area contributed by atoms with E-state index >= 15 is 0 Å². The predicted octanol–water partition coefficient (Wildman–Crippen LogP) is 1.77. The van der Waals surface area contributed by atoms with Gasteiger partial charge in [-0.15, -0.1) is 0 Å². The van der Waals surface area contributed by atoms with Crippen LogP contribution in [0.5, 0.6) is 0 Å². The van der Waals surface area contributed by atoms with Crippen molar-refractivity contribution in [3.63, 3.8) is 0 Å². The predicted molar refractivity (Wildman–Crippen MR) is 68.8 cm³/mol. The second-order valence-corrected chi connectivity index (χ2v) is 4.90. The van der Waals surface area contributed by atoms with E-state index in [9.17, 15) is 24.4 Å². The van der Waals surface area contributed by atoms with Crippen LogP contribution in [0.2, 0.25) is 0 Å². The van der Waals surface area contributed by atoms with Gasteiger partial charge in [0.2, 0.25) is 0 Å². The van der Waals surface area contributed by atoms with Crippen molar-refractivity contribution in [1.29, 1.82) is 0 Å². The molecule has 0 bridgehead atoms. The van der Waals surface area contributed by atoms with Crippen LogP contribution in [0.25, 0.3) is 0 Å². The van der Waals surface area contributed by atoms with Gasteiger partial charge in [0.25, 0.3) is 11.6 Å². The molecule has 2 rings (SSSR count). The Labute approximate surface area is 114 Å². The van der Waals surface area contributed by atoms with Crippen LogP contribution in [-0.4, -0.2) is 28.1 Å². The molecular formula is C13H15FN2O4.